The number of fused-ring (bicyclic) bond motifs is 2. The van der Waals surface area contributed by atoms with Crippen LogP contribution < -0.4 is 14.8 Å². The Morgan fingerprint density at radius 3 is 3.06 bits per heavy atom. The molecule has 0 spiro atoms. The lowest BCUT2D eigenvalue weighted by molar-refractivity contribution is -0.119. The molecule has 1 atom stereocenters. The second-order valence-electron chi connectivity index (χ2n) is 8.77. The van der Waals surface area contributed by atoms with Crippen LogP contribution in [-0.2, 0) is 17.6 Å². The van der Waals surface area contributed by atoms with E-state index in [1.54, 1.807) is 29.2 Å². The van der Waals surface area contributed by atoms with Crippen molar-refractivity contribution < 1.29 is 19.1 Å². The predicted octanol–water partition coefficient (Wildman–Crippen LogP) is 2.53. The number of nitrogens with one attached hydrogen (secondary N) is 1. The summed E-state index contributed by atoms with van der Waals surface area (Å²) in [4.78, 5) is 28.9. The second-order valence-corrected chi connectivity index (χ2v) is 8.77. The summed E-state index contributed by atoms with van der Waals surface area (Å²) in [6, 6.07) is 5.62. The monoisotopic (exact) mass is 420 g/mol. The lowest BCUT2D eigenvalue weighted by Crippen LogP contribution is -2.31. The Morgan fingerprint density at radius 1 is 1.39 bits per heavy atom. The van der Waals surface area contributed by atoms with Gasteiger partial charge in [0.25, 0.3) is 0 Å². The van der Waals surface area contributed by atoms with Gasteiger partial charge in [-0.3, -0.25) is 9.59 Å². The lowest BCUT2D eigenvalue weighted by atomic mass is 9.97. The van der Waals surface area contributed by atoms with Gasteiger partial charge in [-0.2, -0.15) is 5.10 Å². The minimum Gasteiger partial charge on any atom is -0.491 e. The molecule has 1 aromatic carbocycles. The molecule has 1 N–H and O–H groups in total. The molecule has 1 fully saturated rings. The third-order valence-electron chi connectivity index (χ3n) is 5.70. The molecule has 5 rings (SSSR count). The number of benzene rings is 1. The van der Waals surface area contributed by atoms with Gasteiger partial charge in [0.15, 0.2) is 11.4 Å². The van der Waals surface area contributed by atoms with Crippen LogP contribution in [0.25, 0.3) is 5.65 Å². The number of rotatable bonds is 6. The highest BCUT2D eigenvalue weighted by Crippen LogP contribution is 2.39. The quantitative estimate of drug-likeness (QED) is 0.616. The Hall–Kier alpha value is -3.42. The Kier molecular flexibility index (Phi) is 4.64. The van der Waals surface area contributed by atoms with E-state index >= 15 is 0 Å². The molecule has 0 radical (unpaired) electrons. The number of hydrogen-bond acceptors (Lipinski definition) is 6. The maximum Gasteiger partial charge on any atom is 0.220 e. The predicted molar refractivity (Wildman–Crippen MR) is 113 cm³/mol. The Labute approximate surface area is 179 Å². The van der Waals surface area contributed by atoms with Crippen molar-refractivity contribution >= 4 is 17.3 Å². The molecule has 3 aromatic rings. The van der Waals surface area contributed by atoms with E-state index in [1.807, 2.05) is 26.0 Å². The molecule has 8 nitrogen and oxygen atoms in total. The smallest absolute Gasteiger partial charge is 0.220 e. The Morgan fingerprint density at radius 2 is 2.26 bits per heavy atom. The van der Waals surface area contributed by atoms with Crippen LogP contribution in [0.15, 0.2) is 36.8 Å². The van der Waals surface area contributed by atoms with Gasteiger partial charge in [0, 0.05) is 43.3 Å². The number of ketones is 1. The summed E-state index contributed by atoms with van der Waals surface area (Å²) in [5, 5.41) is 7.13. The highest BCUT2D eigenvalue weighted by molar-refractivity contribution is 6.02. The molecule has 2 aliphatic rings. The van der Waals surface area contributed by atoms with Crippen molar-refractivity contribution in [3.05, 3.63) is 53.5 Å². The average Bonchev–Trinajstić information content (AvgIpc) is 3.41. The van der Waals surface area contributed by atoms with Gasteiger partial charge in [0.1, 0.15) is 23.7 Å². The number of ether oxygens (including phenoxy) is 2. The maximum atomic E-state index is 13.1. The average molecular weight is 420 g/mol. The van der Waals surface area contributed by atoms with Crippen molar-refractivity contribution in [2.24, 2.45) is 0 Å². The summed E-state index contributed by atoms with van der Waals surface area (Å²) < 4.78 is 13.7. The fourth-order valence-electron chi connectivity index (χ4n) is 4.24. The van der Waals surface area contributed by atoms with E-state index in [0.29, 0.717) is 30.0 Å². The first-order chi connectivity index (χ1) is 14.9. The molecule has 1 amide bonds. The highest BCUT2D eigenvalue weighted by atomic mass is 16.5. The molecule has 2 aromatic heterocycles. The summed E-state index contributed by atoms with van der Waals surface area (Å²) in [5.74, 6) is 1.36. The fraction of sp³-hybridized carbons (Fsp3) is 0.391. The number of carbonyl (C=O) groups excluding carboxylic acids is 2. The van der Waals surface area contributed by atoms with Crippen LogP contribution in [0, 0.1) is 0 Å². The van der Waals surface area contributed by atoms with E-state index in [2.05, 4.69) is 15.4 Å². The largest absolute Gasteiger partial charge is 0.491 e. The first-order valence-electron chi connectivity index (χ1n) is 10.5. The summed E-state index contributed by atoms with van der Waals surface area (Å²) >= 11 is 0. The third-order valence-corrected chi connectivity index (χ3v) is 5.70. The van der Waals surface area contributed by atoms with E-state index < -0.39 is 0 Å². The van der Waals surface area contributed by atoms with Gasteiger partial charge in [-0.05, 0) is 38.0 Å². The van der Waals surface area contributed by atoms with Crippen molar-refractivity contribution in [1.82, 2.24) is 19.9 Å². The first kappa shape index (κ1) is 19.5. The third kappa shape index (κ3) is 3.85. The van der Waals surface area contributed by atoms with Crippen LogP contribution in [0.4, 0.5) is 0 Å². The number of amides is 1. The number of aromatic nitrogens is 3. The number of hydrogen-bond donors (Lipinski definition) is 1. The molecule has 2 aliphatic heterocycles. The van der Waals surface area contributed by atoms with Crippen LogP contribution in [0.5, 0.6) is 11.5 Å². The van der Waals surface area contributed by atoms with Crippen molar-refractivity contribution in [1.29, 1.82) is 0 Å². The molecule has 8 heteroatoms. The van der Waals surface area contributed by atoms with Crippen LogP contribution in [0.1, 0.15) is 48.2 Å². The van der Waals surface area contributed by atoms with Crippen molar-refractivity contribution in [2.75, 3.05) is 6.61 Å². The second kappa shape index (κ2) is 7.37. The van der Waals surface area contributed by atoms with Crippen molar-refractivity contribution in [3.63, 3.8) is 0 Å². The summed E-state index contributed by atoms with van der Waals surface area (Å²) in [6.07, 6.45) is 7.15. The van der Waals surface area contributed by atoms with Gasteiger partial charge in [0.2, 0.25) is 5.91 Å². The number of Topliss-reactive ketones (excluding diaryl/α,β-unsaturated/α-hetero) is 1. The van der Waals surface area contributed by atoms with E-state index in [9.17, 15) is 9.59 Å². The molecular weight excluding hydrogens is 396 g/mol. The molecule has 0 unspecified atom stereocenters. The van der Waals surface area contributed by atoms with Gasteiger partial charge in [-0.25, -0.2) is 9.50 Å². The molecule has 4 heterocycles. The summed E-state index contributed by atoms with van der Waals surface area (Å²) in [6.45, 7) is 4.43. The number of nitrogens with zero attached hydrogens (tertiary/aromatic N) is 3. The normalized spacial score (nSPS) is 19.2. The zero-order valence-corrected chi connectivity index (χ0v) is 17.6. The van der Waals surface area contributed by atoms with Gasteiger partial charge in [-0.15, -0.1) is 0 Å². The molecule has 31 heavy (non-hydrogen) atoms. The van der Waals surface area contributed by atoms with E-state index in [4.69, 9.17) is 9.47 Å². The standard InChI is InChI=1S/C23H24N4O4/c1-23(2)11-15-8-14(9-18(28)17-12-25-27-7-3-6-24-22(17)27)19(10-20(15)31-23)30-13-16-4-5-21(29)26-16/h3,6-8,10,12,16H,4-5,9,11,13H2,1-2H3,(H,26,29)/t16-/m1/s1. The lowest BCUT2D eigenvalue weighted by Gasteiger charge is -2.18. The van der Waals surface area contributed by atoms with Crippen LogP contribution in [0.3, 0.4) is 0 Å². The Bertz CT molecular complexity index is 1180. The SMILES string of the molecule is CC1(C)Cc2cc(CC(=O)c3cnn4cccnc34)c(OC[C@H]3CCC(=O)N3)cc2O1. The van der Waals surface area contributed by atoms with Crippen LogP contribution in [-0.4, -0.2) is 44.5 Å². The summed E-state index contributed by atoms with van der Waals surface area (Å²) in [7, 11) is 0. The molecule has 0 bridgehead atoms. The zero-order chi connectivity index (χ0) is 21.6. The van der Waals surface area contributed by atoms with Crippen LogP contribution >= 0.6 is 0 Å². The minimum atomic E-state index is -0.298. The molecular formula is C23H24N4O4. The van der Waals surface area contributed by atoms with E-state index in [0.717, 1.165) is 29.7 Å². The van der Waals surface area contributed by atoms with Crippen molar-refractivity contribution in [3.8, 4) is 11.5 Å². The maximum absolute atomic E-state index is 13.1. The van der Waals surface area contributed by atoms with Crippen molar-refractivity contribution in [2.45, 2.75) is 51.2 Å². The fourth-order valence-corrected chi connectivity index (χ4v) is 4.24. The van der Waals surface area contributed by atoms with E-state index in [1.165, 1.54) is 0 Å². The molecule has 1 saturated heterocycles. The Balaban J connectivity index is 1.43. The minimum absolute atomic E-state index is 0.0227. The molecule has 160 valence electrons. The van der Waals surface area contributed by atoms with Crippen LogP contribution in [0.2, 0.25) is 0 Å². The first-order valence-corrected chi connectivity index (χ1v) is 10.5. The van der Waals surface area contributed by atoms with Gasteiger partial charge in [-0.1, -0.05) is 0 Å². The number of carbonyl (C=O) groups is 2. The molecule has 0 aliphatic carbocycles. The van der Waals surface area contributed by atoms with Gasteiger partial charge in [0.05, 0.1) is 17.8 Å². The summed E-state index contributed by atoms with van der Waals surface area (Å²) in [5.41, 5.74) is 2.58. The van der Waals surface area contributed by atoms with Gasteiger partial charge >= 0.3 is 0 Å². The topological polar surface area (TPSA) is 94.8 Å². The van der Waals surface area contributed by atoms with E-state index in [-0.39, 0.29) is 29.8 Å². The molecule has 0 saturated carbocycles. The zero-order valence-electron chi connectivity index (χ0n) is 17.6. The van der Waals surface area contributed by atoms with Gasteiger partial charge < -0.3 is 14.8 Å². The highest BCUT2D eigenvalue weighted by Gasteiger charge is 2.32.